The van der Waals surface area contributed by atoms with Gasteiger partial charge in [-0.25, -0.2) is 25.3 Å². The van der Waals surface area contributed by atoms with Gasteiger partial charge in [-0.15, -0.1) is 15.3 Å². The predicted octanol–water partition coefficient (Wildman–Crippen LogP) is 0.367. The fraction of sp³-hybridized carbons (Fsp3) is 0.474. The zero-order chi connectivity index (χ0) is 77.2. The fourth-order valence-electron chi connectivity index (χ4n) is 12.9. The normalized spacial score (nSPS) is 24.6. The van der Waals surface area contributed by atoms with Crippen molar-refractivity contribution in [1.29, 1.82) is 0 Å². The van der Waals surface area contributed by atoms with Gasteiger partial charge in [0, 0.05) is 12.6 Å². The molecule has 586 valence electrons. The Hall–Kier alpha value is -6.69. The Morgan fingerprint density at radius 2 is 0.861 bits per heavy atom. The van der Waals surface area contributed by atoms with Gasteiger partial charge in [0.2, 0.25) is 15.9 Å². The van der Waals surface area contributed by atoms with Crippen molar-refractivity contribution < 1.29 is 113 Å². The zero-order valence-corrected chi connectivity index (χ0v) is 62.4. The van der Waals surface area contributed by atoms with Crippen molar-refractivity contribution in [2.75, 3.05) is 49.7 Å². The van der Waals surface area contributed by atoms with Gasteiger partial charge in [0.15, 0.2) is 116 Å². The van der Waals surface area contributed by atoms with Gasteiger partial charge in [0.25, 0.3) is 0 Å². The van der Waals surface area contributed by atoms with Crippen LogP contribution in [-0.2, 0) is 83.2 Å². The minimum absolute atomic E-state index is 0. The number of hydrogen-bond acceptors (Lipinski definition) is 33. The van der Waals surface area contributed by atoms with Crippen LogP contribution in [0.5, 0.6) is 0 Å². The summed E-state index contributed by atoms with van der Waals surface area (Å²) < 4.78 is 126. The fourth-order valence-corrected chi connectivity index (χ4v) is 23.1. The van der Waals surface area contributed by atoms with Crippen molar-refractivity contribution in [2.45, 2.75) is 132 Å². The number of aryl methyl sites for hydroxylation is 2. The standard InChI is InChI=1S/2C19H22ClN6O8PS.C18H22ClN6O8PS.CH4/c20-19-22-16(21-11-5-9-3-1-2-4-10(9)6-11)13-17(23-19)26(25-24-13)18-15(28)14(27)12(34-18)7-36(32,33)8-35(29,30)31;20-19-22-16(21-11-6-5-9-3-1-2-4-10(9)11)13-17(23-19)26(25-24-13)18-15(28)14(27)12(34-18)7-36(32,33)8-35(29,30)31;1-9-3-2-4-10(5-9)6-20-15-12-16(22-18(19)21-15)25(24-23-12)17-14(27)13(26)11(33-17)7-35(31,32)8-34(28,29)30;/h2*1-4,11-12,14-15,18,27-28H,5-8H2,(H,21,22,23)(H2,29,30,31);2-5,11,13-14,17,26-27H,6-8H2,1H3,(H,20,21,22)(H2,28,29,30);1H4/t12-,14-,15-,18-;11-,12+,14+,15+,18+;11-,13-,14-,17-;/m101./s1. The van der Waals surface area contributed by atoms with Crippen molar-refractivity contribution in [1.82, 2.24) is 74.9 Å². The van der Waals surface area contributed by atoms with Gasteiger partial charge in [-0.1, -0.05) is 101 Å². The lowest BCUT2D eigenvalue weighted by molar-refractivity contribution is -0.0375. The Morgan fingerprint density at radius 1 is 0.491 bits per heavy atom. The smallest absolute Gasteiger partial charge is 0.340 e. The molecule has 0 saturated carbocycles. The Kier molecular flexibility index (Phi) is 24.5. The van der Waals surface area contributed by atoms with Crippen molar-refractivity contribution in [2.24, 2.45) is 0 Å². The van der Waals surface area contributed by atoms with Crippen LogP contribution in [0.3, 0.4) is 0 Å². The summed E-state index contributed by atoms with van der Waals surface area (Å²) in [7, 11) is -27.6. The monoisotopic (exact) mass is 1680 g/mol. The number of aromatic nitrogens is 15. The van der Waals surface area contributed by atoms with Crippen LogP contribution < -0.4 is 16.0 Å². The Labute approximate surface area is 626 Å². The third-order valence-corrected chi connectivity index (χ3v) is 29.1. The summed E-state index contributed by atoms with van der Waals surface area (Å²) in [4.78, 5) is 78.8. The van der Waals surface area contributed by atoms with Gasteiger partial charge < -0.3 is 90.2 Å². The van der Waals surface area contributed by atoms with Gasteiger partial charge in [0.05, 0.1) is 23.3 Å². The average molecular weight is 1690 g/mol. The van der Waals surface area contributed by atoms with Gasteiger partial charge in [-0.05, 0) is 95.2 Å². The number of aliphatic hydroxyl groups excluding tert-OH is 6. The van der Waals surface area contributed by atoms with Crippen LogP contribution in [0.4, 0.5) is 17.5 Å². The zero-order valence-electron chi connectivity index (χ0n) is 55.0. The number of aliphatic hydroxyl groups is 6. The molecule has 5 aliphatic rings. The van der Waals surface area contributed by atoms with Gasteiger partial charge >= 0.3 is 22.8 Å². The molecule has 9 aromatic rings. The number of hydrogen-bond donors (Lipinski definition) is 15. The number of sulfone groups is 3. The molecule has 51 heteroatoms. The third kappa shape index (κ3) is 19.2. The van der Waals surface area contributed by atoms with E-state index >= 15 is 0 Å². The summed E-state index contributed by atoms with van der Waals surface area (Å²) in [6.45, 7) is 2.35. The molecular formula is C57H70Cl3N18O24P3S3. The molecule has 0 radical (unpaired) electrons. The molecule has 0 bridgehead atoms. The van der Waals surface area contributed by atoms with Crippen LogP contribution in [0.2, 0.25) is 15.9 Å². The minimum atomic E-state index is -4.87. The summed E-state index contributed by atoms with van der Waals surface area (Å²) >= 11 is 18.4. The van der Waals surface area contributed by atoms with Crippen LogP contribution in [0.15, 0.2) is 72.8 Å². The molecule has 14 rings (SSSR count). The number of benzene rings is 3. The van der Waals surface area contributed by atoms with E-state index in [9.17, 15) is 69.6 Å². The van der Waals surface area contributed by atoms with E-state index in [4.69, 9.17) is 78.4 Å². The summed E-state index contributed by atoms with van der Waals surface area (Å²) in [5.41, 5.74) is 3.36. The van der Waals surface area contributed by atoms with Crippen molar-refractivity contribution in [3.8, 4) is 0 Å². The number of ether oxygens (including phenoxy) is 3. The first-order chi connectivity index (χ1) is 50.1. The van der Waals surface area contributed by atoms with Gasteiger partial charge in [0.1, 0.15) is 54.9 Å². The van der Waals surface area contributed by atoms with Crippen LogP contribution in [-0.4, -0.2) is 255 Å². The second-order valence-electron chi connectivity index (χ2n) is 25.7. The molecule has 3 fully saturated rings. The third-order valence-electron chi connectivity index (χ3n) is 17.4. The predicted molar refractivity (Wildman–Crippen MR) is 382 cm³/mol. The molecule has 3 aliphatic heterocycles. The summed E-state index contributed by atoms with van der Waals surface area (Å²) in [5, 5.41) is 96.0. The van der Waals surface area contributed by atoms with Crippen molar-refractivity contribution >= 4 is 138 Å². The molecule has 15 N–H and O–H groups in total. The molecule has 9 heterocycles. The Morgan fingerprint density at radius 3 is 1.26 bits per heavy atom. The van der Waals surface area contributed by atoms with Gasteiger partial charge in [-0.2, -0.15) is 43.9 Å². The molecular weight excluding hydrogens is 1620 g/mol. The Bertz CT molecular complexity index is 5340. The second kappa shape index (κ2) is 32.2. The van der Waals surface area contributed by atoms with Crippen LogP contribution in [0.25, 0.3) is 33.5 Å². The second-order valence-corrected chi connectivity index (χ2v) is 39.3. The molecule has 2 aliphatic carbocycles. The molecule has 108 heavy (non-hydrogen) atoms. The maximum atomic E-state index is 12.2. The summed E-state index contributed by atoms with van der Waals surface area (Å²) in [5.74, 6) is -1.93. The number of halogens is 3. The number of rotatable bonds is 22. The van der Waals surface area contributed by atoms with E-state index in [1.165, 1.54) is 16.7 Å². The minimum Gasteiger partial charge on any atom is -0.387 e. The highest BCUT2D eigenvalue weighted by atomic mass is 35.5. The molecule has 0 spiro atoms. The summed E-state index contributed by atoms with van der Waals surface area (Å²) in [6.07, 6.45) is -15.4. The van der Waals surface area contributed by atoms with Crippen LogP contribution >= 0.6 is 57.6 Å². The lowest BCUT2D eigenvalue weighted by Crippen LogP contribution is -2.36. The van der Waals surface area contributed by atoms with Crippen molar-refractivity contribution in [3.63, 3.8) is 0 Å². The molecule has 3 saturated heterocycles. The maximum Gasteiger partial charge on any atom is 0.340 e. The highest BCUT2D eigenvalue weighted by Crippen LogP contribution is 2.43. The summed E-state index contributed by atoms with van der Waals surface area (Å²) in [6, 6.07) is 23.8. The van der Waals surface area contributed by atoms with E-state index in [1.807, 2.05) is 61.5 Å². The van der Waals surface area contributed by atoms with E-state index in [1.54, 1.807) is 0 Å². The lowest BCUT2D eigenvalue weighted by Gasteiger charge is -2.16. The first kappa shape index (κ1) is 82.3. The molecule has 13 atom stereocenters. The lowest BCUT2D eigenvalue weighted by atomic mass is 10.1. The maximum absolute atomic E-state index is 12.2. The van der Waals surface area contributed by atoms with Crippen molar-refractivity contribution in [3.05, 3.63) is 122 Å². The molecule has 3 aromatic carbocycles. The van der Waals surface area contributed by atoms with E-state index in [2.05, 4.69) is 95.0 Å². The van der Waals surface area contributed by atoms with Gasteiger partial charge in [-0.3, -0.25) is 13.7 Å². The van der Waals surface area contributed by atoms with E-state index in [0.717, 1.165) is 56.4 Å². The first-order valence-corrected chi connectivity index (χ1v) is 43.8. The van der Waals surface area contributed by atoms with E-state index in [0.29, 0.717) is 18.2 Å². The molecule has 42 nitrogen and oxygen atoms in total. The number of nitrogens with one attached hydrogen (secondary N) is 3. The molecule has 6 aromatic heterocycles. The van der Waals surface area contributed by atoms with E-state index in [-0.39, 0.29) is 74.7 Å². The first-order valence-electron chi connectivity index (χ1n) is 31.8. The largest absolute Gasteiger partial charge is 0.387 e. The SMILES string of the molecule is C.Cc1cccc(CNc2nc(Cl)nc3c2nnn3[C@@H]2O[C@H](CS(=O)(=O)CP(=O)(O)O)[C@@H](O)[C@H]2O)c1.O=P(O)(O)CS(=O)(=O)C[C@H]1O[C@@H](n2nnc3c(NC4Cc5ccccc5C4)nc(Cl)nc32)[C@H](O)[C@@H]1O.O=P(O)(O)CS(=O)(=O)C[C@H]1O[C@@H](n2nnc3c(N[C@H]4CCc5ccccc54)nc(Cl)nc32)[C@H](O)[C@@H]1O. The number of nitrogens with zero attached hydrogens (tertiary/aromatic N) is 15. The van der Waals surface area contributed by atoms with Crippen LogP contribution in [0, 0.1) is 6.92 Å². The van der Waals surface area contributed by atoms with E-state index < -0.39 is 160 Å². The molecule has 0 amide bonds. The molecule has 0 unspecified atom stereocenters. The highest BCUT2D eigenvalue weighted by molar-refractivity contribution is 7.98. The number of anilines is 3. The quantitative estimate of drug-likeness (QED) is 0.0322. The van der Waals surface area contributed by atoms with Crippen LogP contribution in [0.1, 0.15) is 72.0 Å². The topological polar surface area (TPSA) is 630 Å². The average Bonchev–Trinajstić information content (AvgIpc) is 1.62. The number of fused-ring (bicyclic) bond motifs is 5. The Balaban J connectivity index is 0.000000160. The highest BCUT2D eigenvalue weighted by Gasteiger charge is 2.51.